The van der Waals surface area contributed by atoms with Gasteiger partial charge in [-0.25, -0.2) is 4.79 Å². The van der Waals surface area contributed by atoms with Crippen molar-refractivity contribution < 1.29 is 29.3 Å². The van der Waals surface area contributed by atoms with E-state index in [1.807, 2.05) is 0 Å². The number of nitrogens with one attached hydrogen (secondary N) is 1. The Morgan fingerprint density at radius 1 is 1.36 bits per heavy atom. The summed E-state index contributed by atoms with van der Waals surface area (Å²) in [4.78, 5) is 25.0. The average Bonchev–Trinajstić information content (AvgIpc) is 3.02. The van der Waals surface area contributed by atoms with E-state index in [-0.39, 0.29) is 32.3 Å². The van der Waals surface area contributed by atoms with Gasteiger partial charge < -0.3 is 29.9 Å². The first-order valence-electron chi connectivity index (χ1n) is 8.06. The van der Waals surface area contributed by atoms with E-state index in [1.165, 1.54) is 12.0 Å². The molecule has 1 aliphatic rings. The van der Waals surface area contributed by atoms with Gasteiger partial charge in [0.15, 0.2) is 11.5 Å². The number of aliphatic hydroxyl groups excluding tert-OH is 1. The van der Waals surface area contributed by atoms with Crippen molar-refractivity contribution in [2.24, 2.45) is 5.41 Å². The van der Waals surface area contributed by atoms with Crippen LogP contribution in [0.3, 0.4) is 0 Å². The van der Waals surface area contributed by atoms with E-state index < -0.39 is 11.4 Å². The fourth-order valence-electron chi connectivity index (χ4n) is 2.70. The number of aliphatic hydroxyl groups is 1. The number of amides is 2. The van der Waals surface area contributed by atoms with E-state index in [9.17, 15) is 14.7 Å². The first kappa shape index (κ1) is 18.9. The van der Waals surface area contributed by atoms with E-state index in [4.69, 9.17) is 14.6 Å². The maximum atomic E-state index is 12.2. The van der Waals surface area contributed by atoms with Gasteiger partial charge in [-0.3, -0.25) is 4.79 Å². The van der Waals surface area contributed by atoms with Gasteiger partial charge in [0.1, 0.15) is 6.61 Å². The highest BCUT2D eigenvalue weighted by molar-refractivity contribution is 5.79. The lowest BCUT2D eigenvalue weighted by Crippen LogP contribution is -2.40. The van der Waals surface area contributed by atoms with Crippen LogP contribution in [0.15, 0.2) is 18.2 Å². The van der Waals surface area contributed by atoms with Crippen LogP contribution in [0, 0.1) is 5.41 Å². The van der Waals surface area contributed by atoms with Gasteiger partial charge in [-0.05, 0) is 31.0 Å². The number of aliphatic carboxylic acids is 1. The Labute approximate surface area is 146 Å². The topological polar surface area (TPSA) is 108 Å². The third kappa shape index (κ3) is 4.54. The van der Waals surface area contributed by atoms with Crippen molar-refractivity contribution in [2.75, 3.05) is 33.4 Å². The minimum atomic E-state index is -0.883. The maximum Gasteiger partial charge on any atom is 0.317 e. The molecule has 1 aromatic carbocycles. The molecule has 1 fully saturated rings. The molecule has 0 aromatic heterocycles. The van der Waals surface area contributed by atoms with Crippen LogP contribution < -0.4 is 14.8 Å². The number of hydrogen-bond donors (Lipinski definition) is 3. The molecular formula is C17H24N2O6. The van der Waals surface area contributed by atoms with Crippen LogP contribution in [0.4, 0.5) is 4.79 Å². The number of likely N-dealkylation sites (tertiary alicyclic amines) is 1. The summed E-state index contributed by atoms with van der Waals surface area (Å²) in [5.41, 5.74) is -0.0616. The molecule has 2 amide bonds. The molecule has 3 N–H and O–H groups in total. The molecule has 0 aliphatic carbocycles. The van der Waals surface area contributed by atoms with Gasteiger partial charge in [-0.15, -0.1) is 0 Å². The number of rotatable bonds is 7. The number of hydrogen-bond acceptors (Lipinski definition) is 5. The zero-order chi connectivity index (χ0) is 18.4. The van der Waals surface area contributed by atoms with Crippen LogP contribution in [0.2, 0.25) is 0 Å². The lowest BCUT2D eigenvalue weighted by Gasteiger charge is -2.20. The molecule has 25 heavy (non-hydrogen) atoms. The SMILES string of the molecule is COc1cc(CNC(=O)N2CCC(C)(C(=O)O)C2)ccc1OCCO. The van der Waals surface area contributed by atoms with E-state index in [0.717, 1.165) is 5.56 Å². The van der Waals surface area contributed by atoms with Crippen LogP contribution >= 0.6 is 0 Å². The summed E-state index contributed by atoms with van der Waals surface area (Å²) in [6.07, 6.45) is 0.445. The quantitative estimate of drug-likeness (QED) is 0.677. The van der Waals surface area contributed by atoms with Crippen LogP contribution in [0.25, 0.3) is 0 Å². The van der Waals surface area contributed by atoms with Crippen LogP contribution in [0.1, 0.15) is 18.9 Å². The molecule has 0 saturated carbocycles. The van der Waals surface area contributed by atoms with Crippen molar-refractivity contribution >= 4 is 12.0 Å². The molecule has 1 atom stereocenters. The lowest BCUT2D eigenvalue weighted by molar-refractivity contribution is -0.147. The Morgan fingerprint density at radius 2 is 2.12 bits per heavy atom. The Kier molecular flexibility index (Phi) is 6.08. The first-order chi connectivity index (χ1) is 11.9. The second-order valence-corrected chi connectivity index (χ2v) is 6.25. The Balaban J connectivity index is 1.93. The van der Waals surface area contributed by atoms with Crippen molar-refractivity contribution in [3.63, 3.8) is 0 Å². The monoisotopic (exact) mass is 352 g/mol. The summed E-state index contributed by atoms with van der Waals surface area (Å²) >= 11 is 0. The Bertz CT molecular complexity index is 636. The zero-order valence-electron chi connectivity index (χ0n) is 14.4. The van der Waals surface area contributed by atoms with E-state index in [1.54, 1.807) is 25.1 Å². The lowest BCUT2D eigenvalue weighted by atomic mass is 9.90. The molecule has 1 aliphatic heterocycles. The molecular weight excluding hydrogens is 328 g/mol. The molecule has 1 unspecified atom stereocenters. The van der Waals surface area contributed by atoms with E-state index in [0.29, 0.717) is 24.5 Å². The van der Waals surface area contributed by atoms with Gasteiger partial charge in [-0.1, -0.05) is 6.07 Å². The van der Waals surface area contributed by atoms with E-state index >= 15 is 0 Å². The summed E-state index contributed by atoms with van der Waals surface area (Å²) in [5.74, 6) is 0.147. The molecule has 1 saturated heterocycles. The number of benzene rings is 1. The van der Waals surface area contributed by atoms with E-state index in [2.05, 4.69) is 5.32 Å². The number of carbonyl (C=O) groups excluding carboxylic acids is 1. The van der Waals surface area contributed by atoms with Crippen LogP contribution in [-0.2, 0) is 11.3 Å². The predicted octanol–water partition coefficient (Wildman–Crippen LogP) is 1.07. The van der Waals surface area contributed by atoms with Gasteiger partial charge in [0, 0.05) is 19.6 Å². The maximum absolute atomic E-state index is 12.2. The highest BCUT2D eigenvalue weighted by Gasteiger charge is 2.42. The molecule has 0 bridgehead atoms. The largest absolute Gasteiger partial charge is 0.493 e. The highest BCUT2D eigenvalue weighted by Crippen LogP contribution is 2.30. The molecule has 0 spiro atoms. The molecule has 138 valence electrons. The van der Waals surface area contributed by atoms with Gasteiger partial charge >= 0.3 is 12.0 Å². The number of ether oxygens (including phenoxy) is 2. The first-order valence-corrected chi connectivity index (χ1v) is 8.06. The van der Waals surface area contributed by atoms with Gasteiger partial charge in [0.05, 0.1) is 19.1 Å². The normalized spacial score (nSPS) is 19.6. The van der Waals surface area contributed by atoms with Crippen molar-refractivity contribution in [2.45, 2.75) is 19.9 Å². The van der Waals surface area contributed by atoms with Crippen molar-refractivity contribution in [1.29, 1.82) is 0 Å². The minimum Gasteiger partial charge on any atom is -0.493 e. The zero-order valence-corrected chi connectivity index (χ0v) is 14.4. The summed E-state index contributed by atoms with van der Waals surface area (Å²) in [7, 11) is 1.51. The second kappa shape index (κ2) is 8.06. The standard InChI is InChI=1S/C17H24N2O6/c1-17(15(21)22)5-6-19(11-17)16(23)18-10-12-3-4-13(25-8-7-20)14(9-12)24-2/h3-4,9,20H,5-8,10-11H2,1-2H3,(H,18,23)(H,21,22). The molecule has 2 rings (SSSR count). The number of urea groups is 1. The number of carboxylic acid groups (broad SMARTS) is 1. The fraction of sp³-hybridized carbons (Fsp3) is 0.529. The number of nitrogens with zero attached hydrogens (tertiary/aromatic N) is 1. The highest BCUT2D eigenvalue weighted by atomic mass is 16.5. The van der Waals surface area contributed by atoms with Crippen molar-refractivity contribution in [1.82, 2.24) is 10.2 Å². The third-order valence-electron chi connectivity index (χ3n) is 4.30. The van der Waals surface area contributed by atoms with Crippen LogP contribution in [0.5, 0.6) is 11.5 Å². The smallest absolute Gasteiger partial charge is 0.317 e. The number of carbonyl (C=O) groups is 2. The Morgan fingerprint density at radius 3 is 2.72 bits per heavy atom. The molecule has 0 radical (unpaired) electrons. The van der Waals surface area contributed by atoms with Gasteiger partial charge in [0.2, 0.25) is 0 Å². The van der Waals surface area contributed by atoms with Crippen LogP contribution in [-0.4, -0.2) is 60.5 Å². The summed E-state index contributed by atoms with van der Waals surface area (Å²) in [6.45, 7) is 2.64. The molecule has 1 heterocycles. The van der Waals surface area contributed by atoms with Gasteiger partial charge in [-0.2, -0.15) is 0 Å². The third-order valence-corrected chi connectivity index (χ3v) is 4.30. The van der Waals surface area contributed by atoms with Gasteiger partial charge in [0.25, 0.3) is 0 Å². The second-order valence-electron chi connectivity index (χ2n) is 6.25. The Hall–Kier alpha value is -2.48. The number of methoxy groups -OCH3 is 1. The fourth-order valence-corrected chi connectivity index (χ4v) is 2.70. The van der Waals surface area contributed by atoms with Crippen molar-refractivity contribution in [3.8, 4) is 11.5 Å². The molecule has 1 aromatic rings. The molecule has 8 heteroatoms. The van der Waals surface area contributed by atoms with Crippen molar-refractivity contribution in [3.05, 3.63) is 23.8 Å². The molecule has 8 nitrogen and oxygen atoms in total. The minimum absolute atomic E-state index is 0.0912. The summed E-state index contributed by atoms with van der Waals surface area (Å²) in [6, 6.07) is 4.97. The number of carboxylic acids is 1. The predicted molar refractivity (Wildman–Crippen MR) is 89.7 cm³/mol. The summed E-state index contributed by atoms with van der Waals surface area (Å²) < 4.78 is 10.6. The average molecular weight is 352 g/mol. The summed E-state index contributed by atoms with van der Waals surface area (Å²) in [5, 5.41) is 20.8.